The Kier molecular flexibility index (Phi) is 5.45. The van der Waals surface area contributed by atoms with Crippen molar-refractivity contribution >= 4 is 11.8 Å². The molecule has 1 aliphatic carbocycles. The third-order valence-electron chi connectivity index (χ3n) is 6.18. The van der Waals surface area contributed by atoms with E-state index in [1.807, 2.05) is 0 Å². The minimum atomic E-state index is -0.490. The fourth-order valence-corrected chi connectivity index (χ4v) is 4.74. The van der Waals surface area contributed by atoms with Crippen molar-refractivity contribution in [3.8, 4) is 17.2 Å². The molecule has 0 bridgehead atoms. The van der Waals surface area contributed by atoms with Crippen LogP contribution in [-0.4, -0.2) is 37.7 Å². The van der Waals surface area contributed by atoms with Gasteiger partial charge in [0.05, 0.1) is 25.9 Å². The van der Waals surface area contributed by atoms with Gasteiger partial charge in [0, 0.05) is 24.5 Å². The molecule has 1 aromatic rings. The largest absolute Gasteiger partial charge is 0.496 e. The Bertz CT molecular complexity index is 799. The van der Waals surface area contributed by atoms with Crippen LogP contribution in [-0.2, 0) is 9.53 Å². The summed E-state index contributed by atoms with van der Waals surface area (Å²) in [5.41, 5.74) is 0.824. The molecule has 6 heteroatoms. The van der Waals surface area contributed by atoms with Gasteiger partial charge >= 0.3 is 5.97 Å². The van der Waals surface area contributed by atoms with E-state index in [-0.39, 0.29) is 34.7 Å². The smallest absolute Gasteiger partial charge is 0.308 e. The van der Waals surface area contributed by atoms with Crippen LogP contribution < -0.4 is 14.2 Å². The number of hydrogen-bond donors (Lipinski definition) is 0. The molecule has 0 spiro atoms. The van der Waals surface area contributed by atoms with Crippen LogP contribution in [0.1, 0.15) is 69.3 Å². The highest BCUT2D eigenvalue weighted by molar-refractivity contribution is 6.01. The van der Waals surface area contributed by atoms with Crippen LogP contribution in [0.4, 0.5) is 0 Å². The predicted octanol–water partition coefficient (Wildman–Crippen LogP) is 4.14. The topological polar surface area (TPSA) is 74.4 Å². The number of hydrogen-bond acceptors (Lipinski definition) is 6. The van der Waals surface area contributed by atoms with Crippen molar-refractivity contribution in [3.63, 3.8) is 0 Å². The van der Waals surface area contributed by atoms with Crippen LogP contribution in [0, 0.1) is 11.8 Å². The number of benzene rings is 1. The summed E-state index contributed by atoms with van der Waals surface area (Å²) in [6, 6.07) is 1.71. The maximum atomic E-state index is 12.5. The summed E-state index contributed by atoms with van der Waals surface area (Å²) in [6.07, 6.45) is 2.00. The highest BCUT2D eigenvalue weighted by Gasteiger charge is 2.62. The normalized spacial score (nSPS) is 28.5. The third kappa shape index (κ3) is 3.39. The van der Waals surface area contributed by atoms with E-state index >= 15 is 0 Å². The van der Waals surface area contributed by atoms with E-state index in [0.717, 1.165) is 18.4 Å². The number of carbonyl (C=O) groups excluding carboxylic acids is 2. The van der Waals surface area contributed by atoms with Crippen LogP contribution in [0.3, 0.4) is 0 Å². The van der Waals surface area contributed by atoms with Gasteiger partial charge in [-0.15, -0.1) is 0 Å². The van der Waals surface area contributed by atoms with E-state index in [2.05, 4.69) is 20.8 Å². The monoisotopic (exact) mass is 390 g/mol. The molecule has 4 atom stereocenters. The van der Waals surface area contributed by atoms with Crippen LogP contribution in [0.5, 0.6) is 17.2 Å². The number of ether oxygens (including phenoxy) is 4. The summed E-state index contributed by atoms with van der Waals surface area (Å²) in [4.78, 5) is 24.4. The van der Waals surface area contributed by atoms with Gasteiger partial charge < -0.3 is 18.9 Å². The van der Waals surface area contributed by atoms with E-state index in [1.54, 1.807) is 13.2 Å². The number of carbonyl (C=O) groups is 2. The highest BCUT2D eigenvalue weighted by atomic mass is 16.6. The number of rotatable bonds is 6. The zero-order valence-corrected chi connectivity index (χ0v) is 17.8. The van der Waals surface area contributed by atoms with Crippen molar-refractivity contribution in [2.24, 2.45) is 11.8 Å². The lowest BCUT2D eigenvalue weighted by atomic mass is 9.67. The molecule has 1 saturated carbocycles. The SMILES string of the molecule is COc1cc(OC)c([C@@H]2[C@@H](C(C)C)CC[C@@]3(C)O[C@@H]23)c(OC(C)=O)c1C(C)=O. The molecule has 3 rings (SSSR count). The molecule has 2 fully saturated rings. The fourth-order valence-electron chi connectivity index (χ4n) is 4.74. The van der Waals surface area contributed by atoms with E-state index in [4.69, 9.17) is 18.9 Å². The molecule has 28 heavy (non-hydrogen) atoms. The molecule has 1 aromatic carbocycles. The summed E-state index contributed by atoms with van der Waals surface area (Å²) < 4.78 is 22.9. The predicted molar refractivity (Wildman–Crippen MR) is 104 cm³/mol. The van der Waals surface area contributed by atoms with Crippen molar-refractivity contribution in [1.82, 2.24) is 0 Å². The van der Waals surface area contributed by atoms with Crippen molar-refractivity contribution in [2.75, 3.05) is 14.2 Å². The molecule has 2 aliphatic rings. The van der Waals surface area contributed by atoms with Crippen molar-refractivity contribution in [3.05, 3.63) is 17.2 Å². The number of fused-ring (bicyclic) bond motifs is 1. The first kappa shape index (κ1) is 20.6. The number of ketones is 1. The molecule has 0 N–H and O–H groups in total. The molecule has 1 aliphatic heterocycles. The molecule has 0 radical (unpaired) electrons. The molecule has 1 saturated heterocycles. The van der Waals surface area contributed by atoms with E-state index in [1.165, 1.54) is 21.0 Å². The maximum Gasteiger partial charge on any atom is 0.308 e. The molecule has 154 valence electrons. The van der Waals surface area contributed by atoms with Crippen molar-refractivity contribution in [2.45, 2.75) is 65.1 Å². The third-order valence-corrected chi connectivity index (χ3v) is 6.18. The Labute approximate surface area is 166 Å². The van der Waals surface area contributed by atoms with Crippen molar-refractivity contribution in [1.29, 1.82) is 0 Å². The van der Waals surface area contributed by atoms with Gasteiger partial charge in [0.25, 0.3) is 0 Å². The Hall–Kier alpha value is -2.08. The minimum Gasteiger partial charge on any atom is -0.496 e. The van der Waals surface area contributed by atoms with Crippen LogP contribution in [0.25, 0.3) is 0 Å². The van der Waals surface area contributed by atoms with Gasteiger partial charge in [0.15, 0.2) is 11.5 Å². The summed E-state index contributed by atoms with van der Waals surface area (Å²) in [6.45, 7) is 9.28. The molecule has 1 heterocycles. The number of methoxy groups -OCH3 is 2. The Morgan fingerprint density at radius 2 is 1.82 bits per heavy atom. The standard InChI is InChI=1S/C22H30O6/c1-11(2)14-8-9-22(5)21(28-22)18(14)19-16(26-7)10-15(25-6)17(12(3)23)20(19)27-13(4)24/h10-11,14,18,21H,8-9H2,1-7H3/t14-,18+,21+,22-/m1/s1. The van der Waals surface area contributed by atoms with Gasteiger partial charge in [-0.2, -0.15) is 0 Å². The van der Waals surface area contributed by atoms with Crippen LogP contribution >= 0.6 is 0 Å². The quantitative estimate of drug-likeness (QED) is 0.315. The second kappa shape index (κ2) is 7.39. The second-order valence-electron chi connectivity index (χ2n) is 8.37. The Morgan fingerprint density at radius 1 is 1.18 bits per heavy atom. The van der Waals surface area contributed by atoms with Gasteiger partial charge in [0.1, 0.15) is 17.1 Å². The van der Waals surface area contributed by atoms with E-state index < -0.39 is 5.97 Å². The minimum absolute atomic E-state index is 0.00469. The number of esters is 1. The lowest BCUT2D eigenvalue weighted by Gasteiger charge is -2.36. The van der Waals surface area contributed by atoms with Crippen LogP contribution in [0.15, 0.2) is 6.07 Å². The zero-order chi connectivity index (χ0) is 20.8. The van der Waals surface area contributed by atoms with E-state index in [0.29, 0.717) is 23.3 Å². The summed E-state index contributed by atoms with van der Waals surface area (Å²) in [5.74, 6) is 1.09. The first-order chi connectivity index (χ1) is 13.1. The molecule has 0 aromatic heterocycles. The van der Waals surface area contributed by atoms with Crippen LogP contribution in [0.2, 0.25) is 0 Å². The lowest BCUT2D eigenvalue weighted by Crippen LogP contribution is -2.33. The molecule has 0 amide bonds. The average Bonchev–Trinajstić information content (AvgIpc) is 3.30. The maximum absolute atomic E-state index is 12.5. The second-order valence-corrected chi connectivity index (χ2v) is 8.37. The Morgan fingerprint density at radius 3 is 2.32 bits per heavy atom. The number of epoxide rings is 1. The summed E-state index contributed by atoms with van der Waals surface area (Å²) in [7, 11) is 3.06. The lowest BCUT2D eigenvalue weighted by molar-refractivity contribution is -0.132. The Balaban J connectivity index is 2.29. The first-order valence-electron chi connectivity index (χ1n) is 9.80. The fraction of sp³-hybridized carbons (Fsp3) is 0.636. The molecular weight excluding hydrogens is 360 g/mol. The average molecular weight is 390 g/mol. The summed E-state index contributed by atoms with van der Waals surface area (Å²) in [5, 5.41) is 0. The zero-order valence-electron chi connectivity index (χ0n) is 17.8. The van der Waals surface area contributed by atoms with E-state index in [9.17, 15) is 9.59 Å². The molecule has 6 nitrogen and oxygen atoms in total. The molecule has 0 unspecified atom stereocenters. The number of Topliss-reactive ketones (excluding diaryl/α,β-unsaturated/α-hetero) is 1. The highest BCUT2D eigenvalue weighted by Crippen LogP contribution is 2.61. The summed E-state index contributed by atoms with van der Waals surface area (Å²) >= 11 is 0. The van der Waals surface area contributed by atoms with Gasteiger partial charge in [-0.05, 0) is 38.5 Å². The van der Waals surface area contributed by atoms with Gasteiger partial charge in [-0.25, -0.2) is 0 Å². The van der Waals surface area contributed by atoms with Crippen molar-refractivity contribution < 1.29 is 28.5 Å². The first-order valence-corrected chi connectivity index (χ1v) is 9.80. The van der Waals surface area contributed by atoms with Gasteiger partial charge in [0.2, 0.25) is 0 Å². The van der Waals surface area contributed by atoms with Gasteiger partial charge in [-0.1, -0.05) is 13.8 Å². The molecular formula is C22H30O6. The van der Waals surface area contributed by atoms with Gasteiger partial charge in [-0.3, -0.25) is 9.59 Å².